The van der Waals surface area contributed by atoms with E-state index in [4.69, 9.17) is 16.0 Å². The molecule has 2 rings (SSSR count). The van der Waals surface area contributed by atoms with E-state index in [0.717, 1.165) is 5.56 Å². The molecule has 0 unspecified atom stereocenters. The van der Waals surface area contributed by atoms with Crippen molar-refractivity contribution < 1.29 is 9.21 Å². The molecule has 0 saturated carbocycles. The number of oxazole rings is 1. The van der Waals surface area contributed by atoms with Gasteiger partial charge in [-0.3, -0.25) is 4.79 Å². The Bertz CT molecular complexity index is 465. The van der Waals surface area contributed by atoms with Gasteiger partial charge in [-0.1, -0.05) is 0 Å². The fourth-order valence-electron chi connectivity index (χ4n) is 1.26. The Morgan fingerprint density at radius 2 is 2.12 bits per heavy atom. The Morgan fingerprint density at radius 1 is 1.38 bits per heavy atom. The van der Waals surface area contributed by atoms with E-state index in [-0.39, 0.29) is 11.8 Å². The average molecular weight is 237 g/mol. The van der Waals surface area contributed by atoms with Gasteiger partial charge in [-0.05, 0) is 24.3 Å². The number of amides is 1. The Morgan fingerprint density at radius 3 is 2.69 bits per heavy atom. The van der Waals surface area contributed by atoms with Crippen LogP contribution >= 0.6 is 11.6 Å². The van der Waals surface area contributed by atoms with Crippen molar-refractivity contribution in [2.75, 3.05) is 11.2 Å². The van der Waals surface area contributed by atoms with E-state index in [9.17, 15) is 4.79 Å². The Labute approximate surface area is 97.2 Å². The fraction of sp³-hybridized carbons (Fsp3) is 0.0909. The topological polar surface area (TPSA) is 55.1 Å². The lowest BCUT2D eigenvalue weighted by Gasteiger charge is -2.02. The van der Waals surface area contributed by atoms with Gasteiger partial charge in [0.2, 0.25) is 11.8 Å². The molecule has 5 heteroatoms. The zero-order valence-corrected chi connectivity index (χ0v) is 9.07. The first-order valence-electron chi connectivity index (χ1n) is 4.65. The number of carbonyl (C=O) groups excluding carboxylic acids is 1. The summed E-state index contributed by atoms with van der Waals surface area (Å²) in [6.07, 6.45) is 3.09. The number of carbonyl (C=O) groups is 1. The number of alkyl halides is 1. The second-order valence-corrected chi connectivity index (χ2v) is 3.36. The van der Waals surface area contributed by atoms with E-state index in [1.807, 2.05) is 12.1 Å². The molecule has 2 aromatic rings. The van der Waals surface area contributed by atoms with Crippen LogP contribution in [0.3, 0.4) is 0 Å². The molecule has 0 fully saturated rings. The van der Waals surface area contributed by atoms with Crippen molar-refractivity contribution >= 4 is 23.2 Å². The van der Waals surface area contributed by atoms with Crippen LogP contribution in [-0.2, 0) is 4.79 Å². The van der Waals surface area contributed by atoms with Crippen LogP contribution < -0.4 is 5.32 Å². The highest BCUT2D eigenvalue weighted by atomic mass is 35.5. The minimum absolute atomic E-state index is 0.0541. The van der Waals surface area contributed by atoms with Crippen LogP contribution in [0.5, 0.6) is 0 Å². The molecule has 0 aliphatic heterocycles. The van der Waals surface area contributed by atoms with Gasteiger partial charge in [-0.25, -0.2) is 4.98 Å². The monoisotopic (exact) mass is 236 g/mol. The largest absolute Gasteiger partial charge is 0.445 e. The van der Waals surface area contributed by atoms with Gasteiger partial charge >= 0.3 is 0 Å². The Balaban J connectivity index is 2.14. The zero-order valence-electron chi connectivity index (χ0n) is 8.31. The van der Waals surface area contributed by atoms with Crippen molar-refractivity contribution in [3.05, 3.63) is 36.7 Å². The predicted octanol–water partition coefficient (Wildman–Crippen LogP) is 2.52. The molecule has 0 spiro atoms. The van der Waals surface area contributed by atoms with Crippen molar-refractivity contribution in [2.24, 2.45) is 0 Å². The normalized spacial score (nSPS) is 10.1. The zero-order chi connectivity index (χ0) is 11.4. The van der Waals surface area contributed by atoms with Crippen LogP contribution in [0.1, 0.15) is 0 Å². The number of nitrogens with zero attached hydrogens (tertiary/aromatic N) is 1. The van der Waals surface area contributed by atoms with E-state index in [1.165, 1.54) is 6.26 Å². The van der Waals surface area contributed by atoms with E-state index >= 15 is 0 Å². The third-order valence-corrected chi connectivity index (χ3v) is 2.21. The Kier molecular flexibility index (Phi) is 3.22. The summed E-state index contributed by atoms with van der Waals surface area (Å²) in [5.41, 5.74) is 1.55. The van der Waals surface area contributed by atoms with Gasteiger partial charge in [0.15, 0.2) is 0 Å². The van der Waals surface area contributed by atoms with Gasteiger partial charge in [0.05, 0.1) is 6.20 Å². The van der Waals surface area contributed by atoms with E-state index in [1.54, 1.807) is 18.3 Å². The molecule has 1 aromatic carbocycles. The van der Waals surface area contributed by atoms with Crippen LogP contribution in [-0.4, -0.2) is 16.8 Å². The van der Waals surface area contributed by atoms with Gasteiger partial charge in [0, 0.05) is 11.3 Å². The highest BCUT2D eigenvalue weighted by Gasteiger charge is 2.03. The van der Waals surface area contributed by atoms with Crippen LogP contribution in [0.15, 0.2) is 41.1 Å². The first-order valence-corrected chi connectivity index (χ1v) is 5.19. The maximum absolute atomic E-state index is 11.0. The van der Waals surface area contributed by atoms with Crippen molar-refractivity contribution in [2.45, 2.75) is 0 Å². The molecule has 0 aliphatic rings. The first kappa shape index (κ1) is 10.7. The molecule has 1 heterocycles. The lowest BCUT2D eigenvalue weighted by molar-refractivity contribution is -0.113. The summed E-state index contributed by atoms with van der Waals surface area (Å²) in [5.74, 6) is 0.266. The smallest absolute Gasteiger partial charge is 0.239 e. The van der Waals surface area contributed by atoms with Crippen molar-refractivity contribution in [3.63, 3.8) is 0 Å². The van der Waals surface area contributed by atoms with E-state index < -0.39 is 0 Å². The highest BCUT2D eigenvalue weighted by Crippen LogP contribution is 2.19. The first-order chi connectivity index (χ1) is 7.79. The second-order valence-electron chi connectivity index (χ2n) is 3.10. The summed E-state index contributed by atoms with van der Waals surface area (Å²) in [5, 5.41) is 2.64. The summed E-state index contributed by atoms with van der Waals surface area (Å²) < 4.78 is 5.14. The van der Waals surface area contributed by atoms with Gasteiger partial charge in [0.25, 0.3) is 0 Å². The van der Waals surface area contributed by atoms with Crippen molar-refractivity contribution in [1.29, 1.82) is 0 Å². The van der Waals surface area contributed by atoms with Crippen LogP contribution in [0.4, 0.5) is 5.69 Å². The number of anilines is 1. The molecular formula is C11H9ClN2O2. The minimum Gasteiger partial charge on any atom is -0.445 e. The van der Waals surface area contributed by atoms with Crippen LogP contribution in [0.25, 0.3) is 11.5 Å². The number of hydrogen-bond acceptors (Lipinski definition) is 3. The number of nitrogens with one attached hydrogen (secondary N) is 1. The highest BCUT2D eigenvalue weighted by molar-refractivity contribution is 6.29. The number of halogens is 1. The van der Waals surface area contributed by atoms with Crippen molar-refractivity contribution in [3.8, 4) is 11.5 Å². The number of aromatic nitrogens is 1. The van der Waals surface area contributed by atoms with Gasteiger partial charge in [-0.2, -0.15) is 0 Å². The maximum Gasteiger partial charge on any atom is 0.239 e. The molecule has 82 valence electrons. The van der Waals surface area contributed by atoms with Gasteiger partial charge in [-0.15, -0.1) is 11.6 Å². The predicted molar refractivity (Wildman–Crippen MR) is 61.3 cm³/mol. The molecule has 0 saturated heterocycles. The SMILES string of the molecule is O=C(CCl)Nc1ccc(-c2ncco2)cc1. The number of rotatable bonds is 3. The summed E-state index contributed by atoms with van der Waals surface area (Å²) in [7, 11) is 0. The van der Waals surface area contributed by atoms with Crippen LogP contribution in [0.2, 0.25) is 0 Å². The molecule has 4 nitrogen and oxygen atoms in total. The molecule has 0 bridgehead atoms. The Hall–Kier alpha value is -1.81. The summed E-state index contributed by atoms with van der Waals surface area (Å²) in [6, 6.07) is 7.17. The number of hydrogen-bond donors (Lipinski definition) is 1. The van der Waals surface area contributed by atoms with Gasteiger partial charge in [0.1, 0.15) is 12.1 Å². The molecule has 0 atom stereocenters. The summed E-state index contributed by atoms with van der Waals surface area (Å²) >= 11 is 5.38. The molecule has 0 aliphatic carbocycles. The number of benzene rings is 1. The van der Waals surface area contributed by atoms with E-state index in [0.29, 0.717) is 11.6 Å². The average Bonchev–Trinajstić information content (AvgIpc) is 2.83. The third kappa shape index (κ3) is 2.41. The summed E-state index contributed by atoms with van der Waals surface area (Å²) in [6.45, 7) is 0. The third-order valence-electron chi connectivity index (χ3n) is 1.97. The second kappa shape index (κ2) is 4.81. The maximum atomic E-state index is 11.0. The lowest BCUT2D eigenvalue weighted by Crippen LogP contribution is -2.12. The molecule has 1 amide bonds. The molecular weight excluding hydrogens is 228 g/mol. The minimum atomic E-state index is -0.231. The van der Waals surface area contributed by atoms with Crippen LogP contribution in [0, 0.1) is 0 Å². The fourth-order valence-corrected chi connectivity index (χ4v) is 1.32. The quantitative estimate of drug-likeness (QED) is 0.834. The lowest BCUT2D eigenvalue weighted by atomic mass is 10.2. The standard InChI is InChI=1S/C11H9ClN2O2/c12-7-10(15)14-9-3-1-8(2-4-9)11-13-5-6-16-11/h1-6H,7H2,(H,14,15). The van der Waals surface area contributed by atoms with Crippen molar-refractivity contribution in [1.82, 2.24) is 4.98 Å². The van der Waals surface area contributed by atoms with E-state index in [2.05, 4.69) is 10.3 Å². The molecule has 16 heavy (non-hydrogen) atoms. The van der Waals surface area contributed by atoms with Gasteiger partial charge < -0.3 is 9.73 Å². The molecule has 1 N–H and O–H groups in total. The molecule has 0 radical (unpaired) electrons. The molecule has 1 aromatic heterocycles. The summed E-state index contributed by atoms with van der Waals surface area (Å²) in [4.78, 5) is 15.0.